The minimum Gasteiger partial charge on any atom is -0.231 e. The predicted molar refractivity (Wildman–Crippen MR) is 80.0 cm³/mol. The van der Waals surface area contributed by atoms with Gasteiger partial charge in [-0.25, -0.2) is 9.97 Å². The molecular weight excluding hydrogens is 316 g/mol. The van der Waals surface area contributed by atoms with E-state index in [4.69, 9.17) is 0 Å². The van der Waals surface area contributed by atoms with Gasteiger partial charge >= 0.3 is 0 Å². The van der Waals surface area contributed by atoms with Crippen molar-refractivity contribution in [1.82, 2.24) is 9.97 Å². The van der Waals surface area contributed by atoms with Crippen LogP contribution in [0, 0.1) is 0 Å². The van der Waals surface area contributed by atoms with Crippen LogP contribution in [0.25, 0.3) is 10.3 Å². The average Bonchev–Trinajstić information content (AvgIpc) is 2.67. The third-order valence-electron chi connectivity index (χ3n) is 2.17. The van der Waals surface area contributed by atoms with Crippen LogP contribution in [-0.4, -0.2) is 15.7 Å². The summed E-state index contributed by atoms with van der Waals surface area (Å²) in [6.45, 7) is 8.03. The molecule has 0 atom stereocenters. The molecule has 5 heteroatoms. The highest BCUT2D eigenvalue weighted by molar-refractivity contribution is 9.10. The number of aryl methyl sites for hydroxylation is 1. The normalized spacial score (nSPS) is 11.0. The summed E-state index contributed by atoms with van der Waals surface area (Å²) < 4.78 is 3.28. The first-order valence-corrected chi connectivity index (χ1v) is 7.92. The average molecular weight is 329 g/mol. The molecule has 0 spiro atoms. The molecule has 2 nitrogen and oxygen atoms in total. The molecular formula is C12H13BrN2S2. The number of thioether (sulfide) groups is 1. The number of thiazole rings is 1. The Kier molecular flexibility index (Phi) is 4.22. The van der Waals surface area contributed by atoms with Crippen LogP contribution in [0.4, 0.5) is 0 Å². The van der Waals surface area contributed by atoms with E-state index >= 15 is 0 Å². The van der Waals surface area contributed by atoms with Gasteiger partial charge in [0.25, 0.3) is 0 Å². The van der Waals surface area contributed by atoms with Crippen molar-refractivity contribution in [3.63, 3.8) is 0 Å². The number of pyridine rings is 1. The zero-order valence-electron chi connectivity index (χ0n) is 9.79. The molecule has 2 heterocycles. The summed E-state index contributed by atoms with van der Waals surface area (Å²) in [5, 5.41) is 0. The Hall–Kier alpha value is -0.390. The number of hydrogen-bond donors (Lipinski definition) is 0. The zero-order valence-corrected chi connectivity index (χ0v) is 13.0. The monoisotopic (exact) mass is 328 g/mol. The summed E-state index contributed by atoms with van der Waals surface area (Å²) in [6, 6.07) is 2.11. The molecule has 0 aromatic carbocycles. The Bertz CT molecular complexity index is 563. The molecule has 0 saturated carbocycles. The van der Waals surface area contributed by atoms with Gasteiger partial charge in [0.05, 0.1) is 10.4 Å². The molecule has 0 saturated heterocycles. The molecule has 90 valence electrons. The van der Waals surface area contributed by atoms with Crippen LogP contribution in [0.5, 0.6) is 0 Å². The van der Waals surface area contributed by atoms with Gasteiger partial charge in [-0.1, -0.05) is 30.8 Å². The lowest BCUT2D eigenvalue weighted by molar-refractivity contribution is 1.03. The van der Waals surface area contributed by atoms with E-state index < -0.39 is 0 Å². The van der Waals surface area contributed by atoms with Gasteiger partial charge in [-0.05, 0) is 35.3 Å². The molecule has 0 aliphatic heterocycles. The molecule has 0 unspecified atom stereocenters. The quantitative estimate of drug-likeness (QED) is 0.601. The summed E-state index contributed by atoms with van der Waals surface area (Å²) in [5.74, 6) is 0.918. The van der Waals surface area contributed by atoms with Crippen LogP contribution >= 0.6 is 39.0 Å². The minimum atomic E-state index is 0.860. The van der Waals surface area contributed by atoms with Crippen LogP contribution in [-0.2, 0) is 6.42 Å². The molecule has 17 heavy (non-hydrogen) atoms. The predicted octanol–water partition coefficient (Wildman–Crippen LogP) is 4.68. The van der Waals surface area contributed by atoms with Crippen LogP contribution in [0.1, 0.15) is 19.5 Å². The number of hydrogen-bond acceptors (Lipinski definition) is 4. The topological polar surface area (TPSA) is 25.8 Å². The van der Waals surface area contributed by atoms with Gasteiger partial charge in [0, 0.05) is 10.2 Å². The van der Waals surface area contributed by atoms with Gasteiger partial charge in [0.2, 0.25) is 0 Å². The largest absolute Gasteiger partial charge is 0.231 e. The molecule has 2 aromatic heterocycles. The van der Waals surface area contributed by atoms with Crippen molar-refractivity contribution in [3.05, 3.63) is 28.4 Å². The van der Waals surface area contributed by atoms with Crippen LogP contribution < -0.4 is 0 Å². The molecule has 0 radical (unpaired) electrons. The Balaban J connectivity index is 2.33. The smallest absolute Gasteiger partial charge is 0.171 e. The van der Waals surface area contributed by atoms with E-state index in [0.29, 0.717) is 0 Å². The van der Waals surface area contributed by atoms with Gasteiger partial charge in [0.1, 0.15) is 0 Å². The van der Waals surface area contributed by atoms with Gasteiger partial charge in [-0.15, -0.1) is 11.3 Å². The number of halogens is 1. The second-order valence-electron chi connectivity index (χ2n) is 3.82. The van der Waals surface area contributed by atoms with E-state index in [9.17, 15) is 0 Å². The first kappa shape index (κ1) is 13.1. The van der Waals surface area contributed by atoms with Crippen LogP contribution in [0.15, 0.2) is 27.0 Å². The highest BCUT2D eigenvalue weighted by Gasteiger charge is 2.09. The van der Waals surface area contributed by atoms with E-state index in [1.165, 1.54) is 0 Å². The number of aromatic nitrogens is 2. The lowest BCUT2D eigenvalue weighted by Crippen LogP contribution is -1.89. The van der Waals surface area contributed by atoms with Gasteiger partial charge in [-0.2, -0.15) is 0 Å². The SMILES string of the molecule is C=C(C)CSc1nc2nc(CC)c(Br)cc2s1. The van der Waals surface area contributed by atoms with E-state index in [0.717, 1.165) is 42.6 Å². The van der Waals surface area contributed by atoms with Crippen LogP contribution in [0.3, 0.4) is 0 Å². The maximum Gasteiger partial charge on any atom is 0.171 e. The van der Waals surface area contributed by atoms with Crippen molar-refractivity contribution < 1.29 is 0 Å². The van der Waals surface area contributed by atoms with Crippen molar-refractivity contribution in [1.29, 1.82) is 0 Å². The van der Waals surface area contributed by atoms with Crippen molar-refractivity contribution in [2.45, 2.75) is 24.6 Å². The fraction of sp³-hybridized carbons (Fsp3) is 0.333. The van der Waals surface area contributed by atoms with Gasteiger partial charge < -0.3 is 0 Å². The molecule has 0 fully saturated rings. The zero-order chi connectivity index (χ0) is 12.4. The van der Waals surface area contributed by atoms with Crippen molar-refractivity contribution in [2.75, 3.05) is 5.75 Å². The fourth-order valence-electron chi connectivity index (χ4n) is 1.35. The minimum absolute atomic E-state index is 0.860. The Morgan fingerprint density at radius 3 is 2.94 bits per heavy atom. The van der Waals surface area contributed by atoms with Crippen molar-refractivity contribution >= 4 is 49.4 Å². The van der Waals surface area contributed by atoms with Gasteiger partial charge in [-0.3, -0.25) is 0 Å². The Labute approximate surface area is 118 Å². The van der Waals surface area contributed by atoms with Crippen molar-refractivity contribution in [3.8, 4) is 0 Å². The summed E-state index contributed by atoms with van der Waals surface area (Å²) in [4.78, 5) is 9.10. The first-order valence-electron chi connectivity index (χ1n) is 5.33. The molecule has 2 aromatic rings. The summed E-state index contributed by atoms with van der Waals surface area (Å²) >= 11 is 6.96. The fourth-order valence-corrected chi connectivity index (χ4v) is 3.98. The maximum atomic E-state index is 4.56. The number of rotatable bonds is 4. The Morgan fingerprint density at radius 1 is 1.53 bits per heavy atom. The van der Waals surface area contributed by atoms with E-state index in [1.54, 1.807) is 23.1 Å². The Morgan fingerprint density at radius 2 is 2.29 bits per heavy atom. The van der Waals surface area contributed by atoms with E-state index in [-0.39, 0.29) is 0 Å². The van der Waals surface area contributed by atoms with Crippen molar-refractivity contribution in [2.24, 2.45) is 0 Å². The lowest BCUT2D eigenvalue weighted by Gasteiger charge is -1.98. The number of nitrogens with zero attached hydrogens (tertiary/aromatic N) is 2. The van der Waals surface area contributed by atoms with E-state index in [2.05, 4.69) is 45.5 Å². The summed E-state index contributed by atoms with van der Waals surface area (Å²) in [6.07, 6.45) is 0.919. The highest BCUT2D eigenvalue weighted by atomic mass is 79.9. The second-order valence-corrected chi connectivity index (χ2v) is 6.93. The molecule has 0 amide bonds. The molecule has 0 bridgehead atoms. The van der Waals surface area contributed by atoms with Crippen LogP contribution in [0.2, 0.25) is 0 Å². The molecule has 0 N–H and O–H groups in total. The third-order valence-corrected chi connectivity index (χ3v) is 5.22. The lowest BCUT2D eigenvalue weighted by atomic mass is 10.3. The van der Waals surface area contributed by atoms with E-state index in [1.807, 2.05) is 6.92 Å². The third kappa shape index (κ3) is 3.09. The first-order chi connectivity index (χ1) is 8.10. The summed E-state index contributed by atoms with van der Waals surface area (Å²) in [5.41, 5.74) is 3.09. The molecule has 0 aliphatic rings. The standard InChI is InChI=1S/C12H13BrN2S2/c1-4-9-8(13)5-10-11(14-9)15-12(17-10)16-6-7(2)3/h5H,2,4,6H2,1,3H3. The highest BCUT2D eigenvalue weighted by Crippen LogP contribution is 2.32. The second kappa shape index (κ2) is 5.50. The molecule has 2 rings (SSSR count). The summed E-state index contributed by atoms with van der Waals surface area (Å²) in [7, 11) is 0. The molecule has 0 aliphatic carbocycles. The maximum absolute atomic E-state index is 4.56. The van der Waals surface area contributed by atoms with Gasteiger partial charge in [0.15, 0.2) is 9.99 Å². The number of fused-ring (bicyclic) bond motifs is 1.